The molecule has 1 unspecified atom stereocenters. The first-order chi connectivity index (χ1) is 10.5. The molecule has 1 atom stereocenters. The van der Waals surface area contributed by atoms with Crippen molar-refractivity contribution in [3.63, 3.8) is 0 Å². The van der Waals surface area contributed by atoms with Crippen molar-refractivity contribution in [2.45, 2.75) is 31.2 Å². The highest BCUT2D eigenvalue weighted by atomic mass is 32.2. The molecule has 2 aromatic rings. The maximum Gasteiger partial charge on any atom is 0.241 e. The highest BCUT2D eigenvalue weighted by molar-refractivity contribution is 7.89. The van der Waals surface area contributed by atoms with Crippen molar-refractivity contribution in [2.75, 3.05) is 7.11 Å². The average molecular weight is 319 g/mol. The van der Waals surface area contributed by atoms with Crippen LogP contribution >= 0.6 is 0 Å². The molecule has 0 saturated carbocycles. The van der Waals surface area contributed by atoms with Gasteiger partial charge in [0.15, 0.2) is 0 Å². The van der Waals surface area contributed by atoms with E-state index in [2.05, 4.69) is 4.72 Å². The first-order valence-corrected chi connectivity index (χ1v) is 8.68. The Balaban J connectivity index is 2.28. The van der Waals surface area contributed by atoms with E-state index in [-0.39, 0.29) is 10.9 Å². The molecule has 0 spiro atoms. The second-order valence-corrected chi connectivity index (χ2v) is 6.84. The van der Waals surface area contributed by atoms with Gasteiger partial charge in [0.25, 0.3) is 0 Å². The first kappa shape index (κ1) is 16.5. The summed E-state index contributed by atoms with van der Waals surface area (Å²) in [6.45, 7) is 3.78. The van der Waals surface area contributed by atoms with Gasteiger partial charge in [-0.05, 0) is 42.7 Å². The van der Waals surface area contributed by atoms with Gasteiger partial charge in [-0.25, -0.2) is 13.1 Å². The fourth-order valence-electron chi connectivity index (χ4n) is 2.35. The van der Waals surface area contributed by atoms with Crippen LogP contribution < -0.4 is 9.46 Å². The second kappa shape index (κ2) is 6.94. The molecular weight excluding hydrogens is 298 g/mol. The molecule has 1 N–H and O–H groups in total. The quantitative estimate of drug-likeness (QED) is 0.887. The smallest absolute Gasteiger partial charge is 0.241 e. The Labute approximate surface area is 132 Å². The van der Waals surface area contributed by atoms with Crippen molar-refractivity contribution in [2.24, 2.45) is 0 Å². The van der Waals surface area contributed by atoms with Crippen molar-refractivity contribution in [1.82, 2.24) is 4.72 Å². The van der Waals surface area contributed by atoms with E-state index in [0.29, 0.717) is 12.2 Å². The predicted octanol–water partition coefficient (Wildman–Crippen LogP) is 3.43. The van der Waals surface area contributed by atoms with Crippen LogP contribution in [0, 0.1) is 6.92 Å². The van der Waals surface area contributed by atoms with Crippen LogP contribution in [-0.4, -0.2) is 15.5 Å². The number of hydrogen-bond acceptors (Lipinski definition) is 3. The summed E-state index contributed by atoms with van der Waals surface area (Å²) in [5.74, 6) is 0.675. The molecule has 4 nitrogen and oxygen atoms in total. The van der Waals surface area contributed by atoms with Crippen LogP contribution in [0.5, 0.6) is 5.75 Å². The summed E-state index contributed by atoms with van der Waals surface area (Å²) in [5.41, 5.74) is 1.75. The summed E-state index contributed by atoms with van der Waals surface area (Å²) in [5, 5.41) is 0. The van der Waals surface area contributed by atoms with Crippen LogP contribution in [0.4, 0.5) is 0 Å². The van der Waals surface area contributed by atoms with E-state index in [1.165, 1.54) is 0 Å². The minimum atomic E-state index is -3.57. The summed E-state index contributed by atoms with van der Waals surface area (Å²) in [6.07, 6.45) is 0.679. The van der Waals surface area contributed by atoms with E-state index >= 15 is 0 Å². The van der Waals surface area contributed by atoms with Gasteiger partial charge >= 0.3 is 0 Å². The molecule has 0 aliphatic carbocycles. The molecule has 0 bridgehead atoms. The van der Waals surface area contributed by atoms with Gasteiger partial charge in [0, 0.05) is 6.04 Å². The Morgan fingerprint density at radius 1 is 1.14 bits per heavy atom. The fourth-order valence-corrected chi connectivity index (χ4v) is 3.74. The third kappa shape index (κ3) is 3.67. The van der Waals surface area contributed by atoms with Gasteiger partial charge < -0.3 is 4.74 Å². The molecule has 0 aliphatic rings. The Hall–Kier alpha value is -1.85. The summed E-state index contributed by atoms with van der Waals surface area (Å²) in [6, 6.07) is 14.2. The van der Waals surface area contributed by atoms with Gasteiger partial charge in [-0.1, -0.05) is 37.3 Å². The van der Waals surface area contributed by atoms with E-state index in [1.54, 1.807) is 25.3 Å². The normalized spacial score (nSPS) is 12.9. The summed E-state index contributed by atoms with van der Waals surface area (Å²) in [7, 11) is -2.01. The number of ether oxygens (including phenoxy) is 1. The van der Waals surface area contributed by atoms with Crippen LogP contribution in [0.3, 0.4) is 0 Å². The maximum absolute atomic E-state index is 12.6. The molecule has 0 radical (unpaired) electrons. The average Bonchev–Trinajstić information content (AvgIpc) is 2.53. The van der Waals surface area contributed by atoms with Crippen molar-refractivity contribution in [3.05, 3.63) is 59.7 Å². The lowest BCUT2D eigenvalue weighted by Gasteiger charge is -2.18. The maximum atomic E-state index is 12.6. The van der Waals surface area contributed by atoms with Crippen molar-refractivity contribution < 1.29 is 13.2 Å². The lowest BCUT2D eigenvalue weighted by Crippen LogP contribution is -2.28. The molecule has 0 aromatic heterocycles. The van der Waals surface area contributed by atoms with Crippen LogP contribution in [0.25, 0.3) is 0 Å². The molecule has 5 heteroatoms. The van der Waals surface area contributed by atoms with E-state index in [1.807, 2.05) is 44.2 Å². The lowest BCUT2D eigenvalue weighted by atomic mass is 10.1. The Morgan fingerprint density at radius 3 is 2.36 bits per heavy atom. The third-order valence-corrected chi connectivity index (χ3v) is 5.05. The summed E-state index contributed by atoms with van der Waals surface area (Å²) in [4.78, 5) is 0.250. The SMILES string of the molecule is CCC(NS(=O)(=O)c1ccc(OC)c(C)c1)c1ccccc1. The lowest BCUT2D eigenvalue weighted by molar-refractivity contribution is 0.411. The minimum absolute atomic E-state index is 0.242. The van der Waals surface area contributed by atoms with Gasteiger partial charge in [-0.2, -0.15) is 0 Å². The Kier molecular flexibility index (Phi) is 5.21. The van der Waals surface area contributed by atoms with E-state index in [4.69, 9.17) is 4.74 Å². The molecule has 0 heterocycles. The van der Waals surface area contributed by atoms with Gasteiger partial charge in [0.1, 0.15) is 5.75 Å². The number of hydrogen-bond donors (Lipinski definition) is 1. The monoisotopic (exact) mass is 319 g/mol. The number of nitrogens with one attached hydrogen (secondary N) is 1. The Morgan fingerprint density at radius 2 is 1.82 bits per heavy atom. The second-order valence-electron chi connectivity index (χ2n) is 5.12. The van der Waals surface area contributed by atoms with Crippen molar-refractivity contribution in [1.29, 1.82) is 0 Å². The number of sulfonamides is 1. The van der Waals surface area contributed by atoms with Crippen molar-refractivity contribution in [3.8, 4) is 5.75 Å². The number of aryl methyl sites for hydroxylation is 1. The fraction of sp³-hybridized carbons (Fsp3) is 0.294. The first-order valence-electron chi connectivity index (χ1n) is 7.20. The zero-order valence-electron chi connectivity index (χ0n) is 13.0. The Bertz CT molecular complexity index is 727. The van der Waals surface area contributed by atoms with Gasteiger partial charge in [0.05, 0.1) is 12.0 Å². The van der Waals surface area contributed by atoms with Crippen LogP contribution in [0.1, 0.15) is 30.5 Å². The van der Waals surface area contributed by atoms with Gasteiger partial charge in [-0.15, -0.1) is 0 Å². The molecule has 2 rings (SSSR count). The minimum Gasteiger partial charge on any atom is -0.496 e. The van der Waals surface area contributed by atoms with Gasteiger partial charge in [-0.3, -0.25) is 0 Å². The summed E-state index contributed by atoms with van der Waals surface area (Å²) >= 11 is 0. The van der Waals surface area contributed by atoms with Gasteiger partial charge in [0.2, 0.25) is 10.0 Å². The van der Waals surface area contributed by atoms with Crippen LogP contribution in [0.15, 0.2) is 53.4 Å². The standard InChI is InChI=1S/C17H21NO3S/c1-4-16(14-8-6-5-7-9-14)18-22(19,20)15-10-11-17(21-3)13(2)12-15/h5-12,16,18H,4H2,1-3H3. The molecule has 2 aromatic carbocycles. The topological polar surface area (TPSA) is 55.4 Å². The van der Waals surface area contributed by atoms with E-state index < -0.39 is 10.0 Å². The number of methoxy groups -OCH3 is 1. The number of rotatable bonds is 6. The molecule has 0 amide bonds. The third-order valence-electron chi connectivity index (χ3n) is 3.58. The van der Waals surface area contributed by atoms with Crippen LogP contribution in [0.2, 0.25) is 0 Å². The molecule has 0 saturated heterocycles. The molecular formula is C17H21NO3S. The molecule has 0 aliphatic heterocycles. The van der Waals surface area contributed by atoms with E-state index in [0.717, 1.165) is 11.1 Å². The zero-order valence-corrected chi connectivity index (χ0v) is 13.9. The van der Waals surface area contributed by atoms with Crippen LogP contribution in [-0.2, 0) is 10.0 Å². The highest BCUT2D eigenvalue weighted by Crippen LogP contribution is 2.24. The molecule has 0 fully saturated rings. The summed E-state index contributed by atoms with van der Waals surface area (Å²) < 4.78 is 33.1. The van der Waals surface area contributed by atoms with E-state index in [9.17, 15) is 8.42 Å². The van der Waals surface area contributed by atoms with Crippen molar-refractivity contribution >= 4 is 10.0 Å². The number of benzene rings is 2. The molecule has 22 heavy (non-hydrogen) atoms. The predicted molar refractivity (Wildman–Crippen MR) is 87.5 cm³/mol. The largest absolute Gasteiger partial charge is 0.496 e. The molecule has 118 valence electrons. The zero-order chi connectivity index (χ0) is 16.2. The highest BCUT2D eigenvalue weighted by Gasteiger charge is 2.20.